The van der Waals surface area contributed by atoms with Crippen LogP contribution in [0.2, 0.25) is 0 Å². The third-order valence-electron chi connectivity index (χ3n) is 4.18. The van der Waals surface area contributed by atoms with Gasteiger partial charge in [0.25, 0.3) is 0 Å². The molecular weight excluding hydrogens is 268 g/mol. The van der Waals surface area contributed by atoms with Crippen LogP contribution in [0, 0.1) is 19.8 Å². The van der Waals surface area contributed by atoms with Gasteiger partial charge in [0.2, 0.25) is 5.88 Å². The van der Waals surface area contributed by atoms with Crippen molar-refractivity contribution in [3.05, 3.63) is 22.9 Å². The first-order valence-electron chi connectivity index (χ1n) is 7.47. The standard InChI is InChI=1S/C16H24N2OS/c1-4-12-7-5-6-8-13(12)19-16-14(15(17)20)10(2)9-11(3)18-16/h9,12-13H,4-8H2,1-3H3,(H2,17,20). The fourth-order valence-electron chi connectivity index (χ4n) is 3.13. The van der Waals surface area contributed by atoms with Crippen molar-refractivity contribution >= 4 is 17.2 Å². The minimum atomic E-state index is 0.246. The second kappa shape index (κ2) is 6.53. The maximum Gasteiger partial charge on any atom is 0.224 e. The molecule has 0 radical (unpaired) electrons. The van der Waals surface area contributed by atoms with E-state index in [0.29, 0.717) is 16.8 Å². The number of pyridine rings is 1. The highest BCUT2D eigenvalue weighted by Crippen LogP contribution is 2.31. The third-order valence-corrected chi connectivity index (χ3v) is 4.39. The lowest BCUT2D eigenvalue weighted by Crippen LogP contribution is -2.31. The molecule has 4 heteroatoms. The van der Waals surface area contributed by atoms with E-state index in [2.05, 4.69) is 11.9 Å². The highest BCUT2D eigenvalue weighted by molar-refractivity contribution is 7.80. The molecule has 0 bridgehead atoms. The van der Waals surface area contributed by atoms with Crippen LogP contribution in [0.5, 0.6) is 5.88 Å². The molecule has 0 saturated heterocycles. The highest BCUT2D eigenvalue weighted by atomic mass is 32.1. The molecule has 3 nitrogen and oxygen atoms in total. The Hall–Kier alpha value is -1.16. The van der Waals surface area contributed by atoms with Crippen LogP contribution in [0.4, 0.5) is 0 Å². The van der Waals surface area contributed by atoms with E-state index in [1.165, 1.54) is 19.3 Å². The average molecular weight is 292 g/mol. The lowest BCUT2D eigenvalue weighted by molar-refractivity contribution is 0.0855. The Kier molecular flexibility index (Phi) is 4.97. The van der Waals surface area contributed by atoms with Gasteiger partial charge in [0, 0.05) is 5.69 Å². The molecule has 1 heterocycles. The number of nitrogens with two attached hydrogens (primary N) is 1. The normalized spacial score (nSPS) is 22.6. The van der Waals surface area contributed by atoms with Gasteiger partial charge in [-0.15, -0.1) is 0 Å². The van der Waals surface area contributed by atoms with Crippen LogP contribution in [-0.2, 0) is 0 Å². The maximum atomic E-state index is 6.23. The van der Waals surface area contributed by atoms with E-state index in [1.807, 2.05) is 19.9 Å². The summed E-state index contributed by atoms with van der Waals surface area (Å²) in [5, 5.41) is 0. The Labute approximate surface area is 126 Å². The zero-order valence-electron chi connectivity index (χ0n) is 12.6. The molecule has 2 atom stereocenters. The molecule has 0 spiro atoms. The van der Waals surface area contributed by atoms with Gasteiger partial charge in [-0.25, -0.2) is 4.98 Å². The van der Waals surface area contributed by atoms with Crippen LogP contribution in [0.25, 0.3) is 0 Å². The van der Waals surface area contributed by atoms with Crippen LogP contribution >= 0.6 is 12.2 Å². The summed E-state index contributed by atoms with van der Waals surface area (Å²) in [7, 11) is 0. The van der Waals surface area contributed by atoms with Crippen molar-refractivity contribution < 1.29 is 4.74 Å². The number of nitrogens with zero attached hydrogens (tertiary/aromatic N) is 1. The molecule has 2 N–H and O–H groups in total. The molecule has 1 aromatic rings. The van der Waals surface area contributed by atoms with E-state index in [0.717, 1.165) is 29.7 Å². The first kappa shape index (κ1) is 15.2. The predicted molar refractivity (Wildman–Crippen MR) is 86.3 cm³/mol. The van der Waals surface area contributed by atoms with Gasteiger partial charge in [-0.3, -0.25) is 0 Å². The Bertz CT molecular complexity index is 501. The van der Waals surface area contributed by atoms with Crippen molar-refractivity contribution in [2.75, 3.05) is 0 Å². The molecule has 0 amide bonds. The van der Waals surface area contributed by atoms with E-state index in [4.69, 9.17) is 22.7 Å². The monoisotopic (exact) mass is 292 g/mol. The topological polar surface area (TPSA) is 48.1 Å². The van der Waals surface area contributed by atoms with E-state index in [1.54, 1.807) is 0 Å². The fourth-order valence-corrected chi connectivity index (χ4v) is 3.38. The summed E-state index contributed by atoms with van der Waals surface area (Å²) in [6.45, 7) is 6.21. The van der Waals surface area contributed by atoms with Gasteiger partial charge in [0.15, 0.2) is 0 Å². The van der Waals surface area contributed by atoms with Crippen LogP contribution < -0.4 is 10.5 Å². The molecule has 0 aliphatic heterocycles. The SMILES string of the molecule is CCC1CCCCC1Oc1nc(C)cc(C)c1C(N)=S. The largest absolute Gasteiger partial charge is 0.474 e. The van der Waals surface area contributed by atoms with Crippen LogP contribution in [0.15, 0.2) is 6.07 Å². The Balaban J connectivity index is 2.30. The molecule has 0 aromatic carbocycles. The van der Waals surface area contributed by atoms with Gasteiger partial charge in [0.1, 0.15) is 11.1 Å². The predicted octanol–water partition coefficient (Wildman–Crippen LogP) is 3.68. The zero-order valence-corrected chi connectivity index (χ0v) is 13.4. The molecule has 2 unspecified atom stereocenters. The van der Waals surface area contributed by atoms with E-state index >= 15 is 0 Å². The summed E-state index contributed by atoms with van der Waals surface area (Å²) in [6.07, 6.45) is 6.28. The summed E-state index contributed by atoms with van der Waals surface area (Å²) in [4.78, 5) is 4.90. The fraction of sp³-hybridized carbons (Fsp3) is 0.625. The maximum absolute atomic E-state index is 6.23. The number of aromatic nitrogens is 1. The Morgan fingerprint density at radius 2 is 2.10 bits per heavy atom. The van der Waals surface area contributed by atoms with Gasteiger partial charge in [-0.1, -0.05) is 25.6 Å². The minimum Gasteiger partial charge on any atom is -0.474 e. The Morgan fingerprint density at radius 1 is 1.40 bits per heavy atom. The van der Waals surface area contributed by atoms with Crippen molar-refractivity contribution in [3.8, 4) is 5.88 Å². The molecule has 110 valence electrons. The number of hydrogen-bond acceptors (Lipinski definition) is 3. The highest BCUT2D eigenvalue weighted by Gasteiger charge is 2.27. The van der Waals surface area contributed by atoms with Gasteiger partial charge >= 0.3 is 0 Å². The molecule has 1 fully saturated rings. The summed E-state index contributed by atoms with van der Waals surface area (Å²) < 4.78 is 6.23. The van der Waals surface area contributed by atoms with E-state index in [-0.39, 0.29) is 6.10 Å². The number of hydrogen-bond donors (Lipinski definition) is 1. The van der Waals surface area contributed by atoms with Crippen molar-refractivity contribution in [1.82, 2.24) is 4.98 Å². The first-order chi connectivity index (χ1) is 9.52. The second-order valence-electron chi connectivity index (χ2n) is 5.73. The van der Waals surface area contributed by atoms with Gasteiger partial charge in [0.05, 0.1) is 5.56 Å². The molecule has 1 aromatic heterocycles. The van der Waals surface area contributed by atoms with E-state index in [9.17, 15) is 0 Å². The molecule has 1 saturated carbocycles. The molecule has 1 aliphatic rings. The van der Waals surface area contributed by atoms with Gasteiger partial charge in [-0.05, 0) is 57.1 Å². The lowest BCUT2D eigenvalue weighted by atomic mass is 9.85. The molecule has 20 heavy (non-hydrogen) atoms. The van der Waals surface area contributed by atoms with Crippen LogP contribution in [0.3, 0.4) is 0 Å². The molecule has 2 rings (SSSR count). The average Bonchev–Trinajstić information content (AvgIpc) is 2.38. The van der Waals surface area contributed by atoms with E-state index < -0.39 is 0 Å². The molecule has 1 aliphatic carbocycles. The van der Waals surface area contributed by atoms with Gasteiger partial charge < -0.3 is 10.5 Å². The van der Waals surface area contributed by atoms with Crippen molar-refractivity contribution in [3.63, 3.8) is 0 Å². The van der Waals surface area contributed by atoms with Gasteiger partial charge in [-0.2, -0.15) is 0 Å². The summed E-state index contributed by atoms with van der Waals surface area (Å²) in [6, 6.07) is 2.00. The number of ether oxygens (including phenoxy) is 1. The summed E-state index contributed by atoms with van der Waals surface area (Å²) in [5.41, 5.74) is 8.64. The second-order valence-corrected chi connectivity index (χ2v) is 6.17. The zero-order chi connectivity index (χ0) is 14.7. The summed E-state index contributed by atoms with van der Waals surface area (Å²) >= 11 is 5.16. The lowest BCUT2D eigenvalue weighted by Gasteiger charge is -2.31. The number of aryl methyl sites for hydroxylation is 2. The number of thiocarbonyl (C=S) groups is 1. The van der Waals surface area contributed by atoms with Crippen molar-refractivity contribution in [2.45, 2.75) is 59.0 Å². The molecular formula is C16H24N2OS. The van der Waals surface area contributed by atoms with Crippen LogP contribution in [0.1, 0.15) is 55.8 Å². The third kappa shape index (κ3) is 3.29. The minimum absolute atomic E-state index is 0.246. The number of rotatable bonds is 4. The van der Waals surface area contributed by atoms with Crippen LogP contribution in [-0.4, -0.2) is 16.1 Å². The quantitative estimate of drug-likeness (QED) is 0.860. The smallest absolute Gasteiger partial charge is 0.224 e. The Morgan fingerprint density at radius 3 is 2.75 bits per heavy atom. The van der Waals surface area contributed by atoms with Crippen molar-refractivity contribution in [2.24, 2.45) is 11.7 Å². The summed E-state index contributed by atoms with van der Waals surface area (Å²) in [5.74, 6) is 1.24. The van der Waals surface area contributed by atoms with Crippen molar-refractivity contribution in [1.29, 1.82) is 0 Å². The first-order valence-corrected chi connectivity index (χ1v) is 7.88.